The maximum atomic E-state index is 13.4. The molecule has 0 fully saturated rings. The van der Waals surface area contributed by atoms with Gasteiger partial charge in [-0.15, -0.1) is 0 Å². The fourth-order valence-corrected chi connectivity index (χ4v) is 1.41. The molecule has 0 unspecified atom stereocenters. The Bertz CT molecular complexity index is 549. The molecule has 0 radical (unpaired) electrons. The maximum Gasteiger partial charge on any atom is 0.260 e. The molecule has 2 rings (SSSR count). The molecule has 6 heteroatoms. The quantitative estimate of drug-likeness (QED) is 0.898. The van der Waals surface area contributed by atoms with E-state index in [4.69, 9.17) is 15.2 Å². The number of hydrogen-bond donors (Lipinski definition) is 1. The zero-order valence-corrected chi connectivity index (χ0v) is 9.76. The molecular formula is C12H12FN3O2. The van der Waals surface area contributed by atoms with Crippen molar-refractivity contribution in [1.29, 1.82) is 0 Å². The molecule has 0 atom stereocenters. The number of anilines is 1. The summed E-state index contributed by atoms with van der Waals surface area (Å²) in [6.07, 6.45) is 0.969. The van der Waals surface area contributed by atoms with Gasteiger partial charge >= 0.3 is 0 Å². The SMILES string of the molecule is COCc1cccc(Oc2nc(N)ncc2F)c1. The first-order valence-electron chi connectivity index (χ1n) is 5.23. The molecule has 2 N–H and O–H groups in total. The third-order valence-electron chi connectivity index (χ3n) is 2.15. The highest BCUT2D eigenvalue weighted by Crippen LogP contribution is 2.23. The number of hydrogen-bond acceptors (Lipinski definition) is 5. The van der Waals surface area contributed by atoms with Gasteiger partial charge in [-0.1, -0.05) is 12.1 Å². The number of nitrogens with two attached hydrogens (primary N) is 1. The molecule has 5 nitrogen and oxygen atoms in total. The van der Waals surface area contributed by atoms with E-state index in [9.17, 15) is 4.39 Å². The molecule has 94 valence electrons. The molecule has 1 aromatic heterocycles. The van der Waals surface area contributed by atoms with E-state index in [1.807, 2.05) is 6.07 Å². The summed E-state index contributed by atoms with van der Waals surface area (Å²) in [5.74, 6) is -0.445. The summed E-state index contributed by atoms with van der Waals surface area (Å²) in [5, 5.41) is 0. The Morgan fingerprint density at radius 1 is 1.39 bits per heavy atom. The van der Waals surface area contributed by atoms with Gasteiger partial charge in [-0.2, -0.15) is 9.37 Å². The van der Waals surface area contributed by atoms with Crippen molar-refractivity contribution in [3.05, 3.63) is 41.8 Å². The second-order valence-electron chi connectivity index (χ2n) is 3.56. The Labute approximate surface area is 103 Å². The van der Waals surface area contributed by atoms with Crippen LogP contribution in [0, 0.1) is 5.82 Å². The summed E-state index contributed by atoms with van der Waals surface area (Å²) < 4.78 is 23.7. The second kappa shape index (κ2) is 5.42. The van der Waals surface area contributed by atoms with Crippen molar-refractivity contribution < 1.29 is 13.9 Å². The van der Waals surface area contributed by atoms with Gasteiger partial charge in [0.2, 0.25) is 11.8 Å². The molecule has 0 amide bonds. The van der Waals surface area contributed by atoms with Crippen molar-refractivity contribution in [2.24, 2.45) is 0 Å². The fourth-order valence-electron chi connectivity index (χ4n) is 1.41. The highest BCUT2D eigenvalue weighted by atomic mass is 19.1. The Kier molecular flexibility index (Phi) is 3.69. The number of rotatable bonds is 4. The summed E-state index contributed by atoms with van der Waals surface area (Å²) in [5.41, 5.74) is 6.28. The third-order valence-corrected chi connectivity index (χ3v) is 2.15. The van der Waals surface area contributed by atoms with Gasteiger partial charge in [0.15, 0.2) is 0 Å². The second-order valence-corrected chi connectivity index (χ2v) is 3.56. The lowest BCUT2D eigenvalue weighted by molar-refractivity contribution is 0.184. The lowest BCUT2D eigenvalue weighted by Crippen LogP contribution is -1.99. The summed E-state index contributed by atoms with van der Waals surface area (Å²) in [6, 6.07) is 7.09. The highest BCUT2D eigenvalue weighted by Gasteiger charge is 2.08. The van der Waals surface area contributed by atoms with Crippen LogP contribution in [-0.4, -0.2) is 17.1 Å². The fraction of sp³-hybridized carbons (Fsp3) is 0.167. The topological polar surface area (TPSA) is 70.3 Å². The Hall–Kier alpha value is -2.21. The molecule has 0 aliphatic heterocycles. The van der Waals surface area contributed by atoms with Crippen LogP contribution in [0.25, 0.3) is 0 Å². The normalized spacial score (nSPS) is 10.3. The molecule has 2 aromatic rings. The van der Waals surface area contributed by atoms with Crippen LogP contribution < -0.4 is 10.5 Å². The van der Waals surface area contributed by atoms with Gasteiger partial charge in [0, 0.05) is 7.11 Å². The van der Waals surface area contributed by atoms with Crippen LogP contribution in [-0.2, 0) is 11.3 Å². The average molecular weight is 249 g/mol. The van der Waals surface area contributed by atoms with Crippen molar-refractivity contribution in [1.82, 2.24) is 9.97 Å². The van der Waals surface area contributed by atoms with Crippen LogP contribution in [0.2, 0.25) is 0 Å². The van der Waals surface area contributed by atoms with E-state index >= 15 is 0 Å². The zero-order valence-electron chi connectivity index (χ0n) is 9.76. The number of nitrogens with zero attached hydrogens (tertiary/aromatic N) is 2. The lowest BCUT2D eigenvalue weighted by Gasteiger charge is -2.07. The van der Waals surface area contributed by atoms with Crippen molar-refractivity contribution in [2.45, 2.75) is 6.61 Å². The van der Waals surface area contributed by atoms with Crippen LogP contribution in [0.3, 0.4) is 0 Å². The Morgan fingerprint density at radius 3 is 3.00 bits per heavy atom. The average Bonchev–Trinajstić information content (AvgIpc) is 2.35. The minimum atomic E-state index is -0.665. The first kappa shape index (κ1) is 12.3. The van der Waals surface area contributed by atoms with E-state index in [1.165, 1.54) is 0 Å². The van der Waals surface area contributed by atoms with E-state index < -0.39 is 5.82 Å². The monoisotopic (exact) mass is 249 g/mol. The van der Waals surface area contributed by atoms with E-state index in [1.54, 1.807) is 25.3 Å². The third kappa shape index (κ3) is 2.92. The predicted octanol–water partition coefficient (Wildman–Crippen LogP) is 2.14. The van der Waals surface area contributed by atoms with Crippen LogP contribution in [0.5, 0.6) is 11.6 Å². The molecule has 0 bridgehead atoms. The van der Waals surface area contributed by atoms with Gasteiger partial charge in [-0.3, -0.25) is 0 Å². The molecule has 0 saturated carbocycles. The number of ether oxygens (including phenoxy) is 2. The molecule has 0 spiro atoms. The van der Waals surface area contributed by atoms with E-state index in [2.05, 4.69) is 9.97 Å². The van der Waals surface area contributed by atoms with Gasteiger partial charge in [0.05, 0.1) is 12.8 Å². The van der Waals surface area contributed by atoms with E-state index in [0.29, 0.717) is 12.4 Å². The van der Waals surface area contributed by atoms with Crippen LogP contribution in [0.4, 0.5) is 10.3 Å². The van der Waals surface area contributed by atoms with Gasteiger partial charge in [0.1, 0.15) is 5.75 Å². The van der Waals surface area contributed by atoms with Crippen molar-refractivity contribution in [3.63, 3.8) is 0 Å². The summed E-state index contributed by atoms with van der Waals surface area (Å²) in [6.45, 7) is 0.450. The summed E-state index contributed by atoms with van der Waals surface area (Å²) in [4.78, 5) is 7.20. The number of aromatic nitrogens is 2. The molecule has 0 aliphatic carbocycles. The van der Waals surface area contributed by atoms with Gasteiger partial charge in [0.25, 0.3) is 5.88 Å². The largest absolute Gasteiger partial charge is 0.436 e. The molecule has 1 aromatic carbocycles. The molecule has 1 heterocycles. The van der Waals surface area contributed by atoms with E-state index in [-0.39, 0.29) is 11.8 Å². The molecular weight excluding hydrogens is 237 g/mol. The Balaban J connectivity index is 2.22. The van der Waals surface area contributed by atoms with Crippen molar-refractivity contribution in [3.8, 4) is 11.6 Å². The van der Waals surface area contributed by atoms with Gasteiger partial charge < -0.3 is 15.2 Å². The molecule has 18 heavy (non-hydrogen) atoms. The highest BCUT2D eigenvalue weighted by molar-refractivity contribution is 5.32. The van der Waals surface area contributed by atoms with E-state index in [0.717, 1.165) is 11.8 Å². The van der Waals surface area contributed by atoms with Crippen LogP contribution >= 0.6 is 0 Å². The lowest BCUT2D eigenvalue weighted by atomic mass is 10.2. The van der Waals surface area contributed by atoms with Crippen molar-refractivity contribution >= 4 is 5.95 Å². The summed E-state index contributed by atoms with van der Waals surface area (Å²) >= 11 is 0. The van der Waals surface area contributed by atoms with Gasteiger partial charge in [-0.25, -0.2) is 4.98 Å². The number of benzene rings is 1. The first-order valence-corrected chi connectivity index (χ1v) is 5.23. The number of nitrogen functional groups attached to an aromatic ring is 1. The first-order chi connectivity index (χ1) is 8.69. The number of halogens is 1. The smallest absolute Gasteiger partial charge is 0.260 e. The van der Waals surface area contributed by atoms with Crippen LogP contribution in [0.1, 0.15) is 5.56 Å². The molecule has 0 aliphatic rings. The minimum absolute atomic E-state index is 0.0422. The molecule has 0 saturated heterocycles. The summed E-state index contributed by atoms with van der Waals surface area (Å²) in [7, 11) is 1.60. The van der Waals surface area contributed by atoms with Crippen LogP contribution in [0.15, 0.2) is 30.5 Å². The predicted molar refractivity (Wildman–Crippen MR) is 63.6 cm³/mol. The van der Waals surface area contributed by atoms with Gasteiger partial charge in [-0.05, 0) is 17.7 Å². The number of methoxy groups -OCH3 is 1. The van der Waals surface area contributed by atoms with Crippen molar-refractivity contribution in [2.75, 3.05) is 12.8 Å². The maximum absolute atomic E-state index is 13.4. The zero-order chi connectivity index (χ0) is 13.0. The Morgan fingerprint density at radius 2 is 2.22 bits per heavy atom. The minimum Gasteiger partial charge on any atom is -0.436 e. The standard InChI is InChI=1S/C12H12FN3O2/c1-17-7-8-3-2-4-9(5-8)18-11-10(13)6-15-12(14)16-11/h2-6H,7H2,1H3,(H2,14,15,16).